The van der Waals surface area contributed by atoms with Gasteiger partial charge in [-0.3, -0.25) is 0 Å². The molecule has 0 fully saturated rings. The van der Waals surface area contributed by atoms with Crippen LogP contribution in [0, 0.1) is 0 Å². The van der Waals surface area contributed by atoms with Crippen molar-refractivity contribution in [2.24, 2.45) is 0 Å². The molecule has 2 heterocycles. The highest BCUT2D eigenvalue weighted by atomic mass is 35.5. The van der Waals surface area contributed by atoms with Gasteiger partial charge in [0.15, 0.2) is 11.5 Å². The molecule has 0 unspecified atom stereocenters. The van der Waals surface area contributed by atoms with Gasteiger partial charge >= 0.3 is 0 Å². The van der Waals surface area contributed by atoms with E-state index in [1.165, 1.54) is 11.3 Å². The Morgan fingerprint density at radius 2 is 1.76 bits per heavy atom. The Hall–Kier alpha value is -2.58. The highest BCUT2D eigenvalue weighted by Crippen LogP contribution is 2.40. The molecule has 0 bridgehead atoms. The topological polar surface area (TPSA) is 78.4 Å². The third-order valence-electron chi connectivity index (χ3n) is 3.27. The van der Waals surface area contributed by atoms with Gasteiger partial charge in [0.25, 0.3) is 0 Å². The molecule has 7 nitrogen and oxygen atoms in total. The van der Waals surface area contributed by atoms with Crippen molar-refractivity contribution in [2.45, 2.75) is 0 Å². The van der Waals surface area contributed by atoms with E-state index in [1.54, 1.807) is 51.9 Å². The quantitative estimate of drug-likeness (QED) is 0.693. The molecule has 0 radical (unpaired) electrons. The first-order valence-corrected chi connectivity index (χ1v) is 8.36. The average molecular weight is 379 g/mol. The smallest absolute Gasteiger partial charge is 0.227 e. The van der Waals surface area contributed by atoms with Gasteiger partial charge in [-0.15, -0.1) is 11.3 Å². The molecule has 130 valence electrons. The Bertz CT molecular complexity index is 862. The summed E-state index contributed by atoms with van der Waals surface area (Å²) in [6, 6.07) is 5.32. The number of hydrogen-bond donors (Lipinski definition) is 1. The average Bonchev–Trinajstić information content (AvgIpc) is 3.07. The second-order valence-electron chi connectivity index (χ2n) is 4.77. The van der Waals surface area contributed by atoms with Crippen LogP contribution in [0.5, 0.6) is 17.2 Å². The van der Waals surface area contributed by atoms with Crippen molar-refractivity contribution in [3.8, 4) is 28.0 Å². The van der Waals surface area contributed by atoms with E-state index in [4.69, 9.17) is 25.8 Å². The third-order valence-corrected chi connectivity index (χ3v) is 4.41. The molecular weight excluding hydrogens is 364 g/mol. The number of methoxy groups -OCH3 is 3. The predicted molar refractivity (Wildman–Crippen MR) is 97.5 cm³/mol. The number of ether oxygens (including phenoxy) is 3. The Balaban J connectivity index is 1.92. The summed E-state index contributed by atoms with van der Waals surface area (Å²) in [6.07, 6.45) is 3.24. The maximum absolute atomic E-state index is 5.93. The zero-order valence-corrected chi connectivity index (χ0v) is 15.3. The minimum absolute atomic E-state index is 0.415. The van der Waals surface area contributed by atoms with Crippen molar-refractivity contribution in [3.05, 3.63) is 34.9 Å². The minimum atomic E-state index is 0.415. The summed E-state index contributed by atoms with van der Waals surface area (Å²) in [5.74, 6) is 2.00. The second-order valence-corrected chi connectivity index (χ2v) is 6.44. The lowest BCUT2D eigenvalue weighted by atomic mass is 10.2. The maximum Gasteiger partial charge on any atom is 0.227 e. The summed E-state index contributed by atoms with van der Waals surface area (Å²) in [6.45, 7) is 0. The number of thiazole rings is 1. The van der Waals surface area contributed by atoms with Gasteiger partial charge < -0.3 is 19.5 Å². The first-order chi connectivity index (χ1) is 12.1. The van der Waals surface area contributed by atoms with Crippen LogP contribution in [0.25, 0.3) is 10.7 Å². The number of nitrogens with zero attached hydrogens (tertiary/aromatic N) is 3. The molecule has 0 saturated heterocycles. The van der Waals surface area contributed by atoms with Gasteiger partial charge in [-0.2, -0.15) is 0 Å². The predicted octanol–water partition coefficient (Wildman–Crippen LogP) is 4.02. The summed E-state index contributed by atoms with van der Waals surface area (Å²) in [4.78, 5) is 12.9. The summed E-state index contributed by atoms with van der Waals surface area (Å²) in [5, 5.41) is 3.85. The summed E-state index contributed by atoms with van der Waals surface area (Å²) >= 11 is 7.29. The molecule has 1 aromatic carbocycles. The Labute approximate surface area is 153 Å². The van der Waals surface area contributed by atoms with E-state index in [9.17, 15) is 0 Å². The van der Waals surface area contributed by atoms with Crippen LogP contribution in [0.1, 0.15) is 0 Å². The molecule has 0 aliphatic heterocycles. The van der Waals surface area contributed by atoms with Crippen LogP contribution < -0.4 is 19.5 Å². The van der Waals surface area contributed by atoms with Gasteiger partial charge in [0.1, 0.15) is 15.0 Å². The van der Waals surface area contributed by atoms with Crippen LogP contribution in [-0.2, 0) is 0 Å². The summed E-state index contributed by atoms with van der Waals surface area (Å²) in [7, 11) is 4.67. The summed E-state index contributed by atoms with van der Waals surface area (Å²) < 4.78 is 16.6. The maximum atomic E-state index is 5.93. The van der Waals surface area contributed by atoms with E-state index < -0.39 is 0 Å². The van der Waals surface area contributed by atoms with Crippen molar-refractivity contribution in [1.29, 1.82) is 0 Å². The lowest BCUT2D eigenvalue weighted by Gasteiger charge is -2.14. The number of halogens is 1. The van der Waals surface area contributed by atoms with Crippen molar-refractivity contribution in [2.75, 3.05) is 26.6 Å². The van der Waals surface area contributed by atoms with Gasteiger partial charge in [-0.05, 0) is 6.07 Å². The van der Waals surface area contributed by atoms with Gasteiger partial charge in [-0.25, -0.2) is 15.0 Å². The zero-order valence-electron chi connectivity index (χ0n) is 13.7. The third kappa shape index (κ3) is 3.75. The second kappa shape index (κ2) is 7.54. The van der Waals surface area contributed by atoms with Crippen molar-refractivity contribution in [3.63, 3.8) is 0 Å². The number of anilines is 2. The molecule has 0 aliphatic carbocycles. The van der Waals surface area contributed by atoms with E-state index in [0.717, 1.165) is 5.01 Å². The van der Waals surface area contributed by atoms with Crippen molar-refractivity contribution >= 4 is 34.6 Å². The van der Waals surface area contributed by atoms with Crippen molar-refractivity contribution < 1.29 is 14.2 Å². The zero-order chi connectivity index (χ0) is 17.8. The molecule has 3 rings (SSSR count). The van der Waals surface area contributed by atoms with Gasteiger partial charge in [0.05, 0.1) is 27.5 Å². The fraction of sp³-hybridized carbons (Fsp3) is 0.188. The Morgan fingerprint density at radius 3 is 2.32 bits per heavy atom. The highest BCUT2D eigenvalue weighted by Gasteiger charge is 2.14. The molecule has 3 aromatic rings. The fourth-order valence-corrected chi connectivity index (χ4v) is 3.08. The van der Waals surface area contributed by atoms with Crippen LogP contribution in [0.3, 0.4) is 0 Å². The number of aromatic nitrogens is 3. The SMILES string of the molecule is COc1cc(Nc2nccc(-c3ncc(Cl)s3)n2)cc(OC)c1OC. The fourth-order valence-electron chi connectivity index (χ4n) is 2.19. The van der Waals surface area contributed by atoms with Gasteiger partial charge in [0.2, 0.25) is 11.7 Å². The highest BCUT2D eigenvalue weighted by molar-refractivity contribution is 7.18. The van der Waals surface area contributed by atoms with Crippen LogP contribution in [0.4, 0.5) is 11.6 Å². The molecule has 0 saturated carbocycles. The minimum Gasteiger partial charge on any atom is -0.493 e. The monoisotopic (exact) mass is 378 g/mol. The Kier molecular flexibility index (Phi) is 5.20. The first kappa shape index (κ1) is 17.2. The molecule has 1 N–H and O–H groups in total. The largest absolute Gasteiger partial charge is 0.493 e. The molecule has 0 spiro atoms. The lowest BCUT2D eigenvalue weighted by molar-refractivity contribution is 0.324. The molecular formula is C16H15ClN4O3S. The first-order valence-electron chi connectivity index (χ1n) is 7.16. The van der Waals surface area contributed by atoms with Crippen LogP contribution >= 0.6 is 22.9 Å². The molecule has 2 aromatic heterocycles. The van der Waals surface area contributed by atoms with E-state index in [1.807, 2.05) is 0 Å². The number of hydrogen-bond acceptors (Lipinski definition) is 8. The van der Waals surface area contributed by atoms with Gasteiger partial charge in [0, 0.05) is 24.0 Å². The van der Waals surface area contributed by atoms with Crippen molar-refractivity contribution in [1.82, 2.24) is 15.0 Å². The van der Waals surface area contributed by atoms with E-state index in [2.05, 4.69) is 20.3 Å². The standard InChI is InChI=1S/C16H15ClN4O3S/c1-22-11-6-9(7-12(23-2)14(11)24-3)20-16-18-5-4-10(21-16)15-19-8-13(17)25-15/h4-8H,1-3H3,(H,18,20,21). The molecule has 0 aliphatic rings. The number of benzene rings is 1. The van der Waals surface area contributed by atoms with Crippen LogP contribution in [0.15, 0.2) is 30.6 Å². The normalized spacial score (nSPS) is 10.4. The molecule has 0 amide bonds. The van der Waals surface area contributed by atoms with Gasteiger partial charge in [-0.1, -0.05) is 11.6 Å². The lowest BCUT2D eigenvalue weighted by Crippen LogP contribution is -2.00. The van der Waals surface area contributed by atoms with E-state index in [-0.39, 0.29) is 0 Å². The molecule has 0 atom stereocenters. The van der Waals surface area contributed by atoms with Crippen LogP contribution in [0.2, 0.25) is 4.34 Å². The Morgan fingerprint density at radius 1 is 1.04 bits per heavy atom. The van der Waals surface area contributed by atoms with Crippen LogP contribution in [-0.4, -0.2) is 36.3 Å². The van der Waals surface area contributed by atoms with E-state index in [0.29, 0.717) is 38.9 Å². The summed E-state index contributed by atoms with van der Waals surface area (Å²) in [5.41, 5.74) is 1.38. The molecule has 9 heteroatoms. The molecule has 25 heavy (non-hydrogen) atoms. The number of rotatable bonds is 6. The number of nitrogens with one attached hydrogen (secondary N) is 1. The van der Waals surface area contributed by atoms with E-state index >= 15 is 0 Å².